The number of sulfone groups is 1. The highest BCUT2D eigenvalue weighted by Gasteiger charge is 2.27. The van der Waals surface area contributed by atoms with E-state index < -0.39 is 9.84 Å². The van der Waals surface area contributed by atoms with E-state index in [2.05, 4.69) is 20.2 Å². The van der Waals surface area contributed by atoms with E-state index in [1.54, 1.807) is 0 Å². The fourth-order valence-corrected chi connectivity index (χ4v) is 4.84. The molecule has 0 aliphatic carbocycles. The van der Waals surface area contributed by atoms with Gasteiger partial charge in [-0.2, -0.15) is 0 Å². The molecule has 1 aromatic heterocycles. The summed E-state index contributed by atoms with van der Waals surface area (Å²) in [7, 11) is -2.78. The molecule has 0 bridgehead atoms. The zero-order valence-corrected chi connectivity index (χ0v) is 13.0. The molecule has 7 heteroatoms. The summed E-state index contributed by atoms with van der Waals surface area (Å²) in [6, 6.07) is 0. The third-order valence-corrected chi connectivity index (χ3v) is 6.01. The van der Waals surface area contributed by atoms with Crippen LogP contribution in [0.1, 0.15) is 24.8 Å². The second-order valence-corrected chi connectivity index (χ2v) is 8.21. The van der Waals surface area contributed by atoms with Crippen LogP contribution in [0.3, 0.4) is 0 Å². The van der Waals surface area contributed by atoms with Crippen molar-refractivity contribution in [1.82, 2.24) is 15.3 Å². The lowest BCUT2D eigenvalue weighted by atomic mass is 10.1. The van der Waals surface area contributed by atoms with Crippen LogP contribution >= 0.6 is 0 Å². The Hall–Kier alpha value is -1.21. The first-order valence-electron chi connectivity index (χ1n) is 7.59. The zero-order chi connectivity index (χ0) is 14.7. The number of rotatable bonds is 5. The van der Waals surface area contributed by atoms with Gasteiger partial charge < -0.3 is 10.2 Å². The number of nitrogens with zero attached hydrogens (tertiary/aromatic N) is 3. The third-order valence-electron chi connectivity index (χ3n) is 4.17. The Morgan fingerprint density at radius 2 is 1.95 bits per heavy atom. The minimum atomic E-state index is -2.78. The van der Waals surface area contributed by atoms with E-state index in [1.807, 2.05) is 12.4 Å². The van der Waals surface area contributed by atoms with E-state index in [0.29, 0.717) is 18.1 Å². The summed E-state index contributed by atoms with van der Waals surface area (Å²) in [5.41, 5.74) is 1.04. The Morgan fingerprint density at radius 1 is 1.24 bits per heavy atom. The average molecular weight is 310 g/mol. The lowest BCUT2D eigenvalue weighted by molar-refractivity contribution is 0.520. The summed E-state index contributed by atoms with van der Waals surface area (Å²) >= 11 is 0. The molecule has 3 heterocycles. The maximum absolute atomic E-state index is 11.4. The molecule has 1 N–H and O–H groups in total. The highest BCUT2D eigenvalue weighted by molar-refractivity contribution is 7.91. The molecule has 2 fully saturated rings. The fraction of sp³-hybridized carbons (Fsp3) is 0.714. The van der Waals surface area contributed by atoms with Crippen LogP contribution in [0.25, 0.3) is 0 Å². The van der Waals surface area contributed by atoms with Gasteiger partial charge in [-0.05, 0) is 31.7 Å². The van der Waals surface area contributed by atoms with Crippen LogP contribution in [0.15, 0.2) is 12.4 Å². The quantitative estimate of drug-likeness (QED) is 0.858. The van der Waals surface area contributed by atoms with Gasteiger partial charge in [0.1, 0.15) is 0 Å². The molecule has 0 amide bonds. The number of anilines is 1. The van der Waals surface area contributed by atoms with Crippen LogP contribution in [0.2, 0.25) is 0 Å². The number of nitrogens with one attached hydrogen (secondary N) is 1. The molecule has 0 aromatic carbocycles. The average Bonchev–Trinajstić information content (AvgIpc) is 3.09. The zero-order valence-electron chi connectivity index (χ0n) is 12.2. The van der Waals surface area contributed by atoms with Gasteiger partial charge in [-0.25, -0.2) is 18.4 Å². The molecule has 2 aliphatic rings. The van der Waals surface area contributed by atoms with Crippen molar-refractivity contribution < 1.29 is 8.42 Å². The number of aromatic nitrogens is 2. The molecule has 1 aromatic rings. The van der Waals surface area contributed by atoms with Crippen molar-refractivity contribution in [1.29, 1.82) is 0 Å². The Bertz CT molecular complexity index is 567. The van der Waals surface area contributed by atoms with Gasteiger partial charge in [0, 0.05) is 37.6 Å². The minimum Gasteiger partial charge on any atom is -0.341 e. The minimum absolute atomic E-state index is 0.250. The predicted molar refractivity (Wildman–Crippen MR) is 81.9 cm³/mol. The first kappa shape index (κ1) is 14.7. The smallest absolute Gasteiger partial charge is 0.225 e. The Morgan fingerprint density at radius 3 is 2.57 bits per heavy atom. The van der Waals surface area contributed by atoms with Gasteiger partial charge in [0.05, 0.1) is 11.5 Å². The number of hydrogen-bond acceptors (Lipinski definition) is 6. The van der Waals surface area contributed by atoms with Crippen molar-refractivity contribution in [2.24, 2.45) is 5.92 Å². The summed E-state index contributed by atoms with van der Waals surface area (Å²) in [5.74, 6) is 1.73. The molecule has 0 radical (unpaired) electrons. The first-order valence-corrected chi connectivity index (χ1v) is 9.41. The van der Waals surface area contributed by atoms with Crippen molar-refractivity contribution in [3.63, 3.8) is 0 Å². The van der Waals surface area contributed by atoms with Crippen LogP contribution in [-0.2, 0) is 16.4 Å². The summed E-state index contributed by atoms with van der Waals surface area (Å²) in [6.07, 6.45) is 6.94. The molecule has 21 heavy (non-hydrogen) atoms. The van der Waals surface area contributed by atoms with Crippen LogP contribution in [-0.4, -0.2) is 49.5 Å². The lowest BCUT2D eigenvalue weighted by Gasteiger charge is -2.15. The van der Waals surface area contributed by atoms with Gasteiger partial charge >= 0.3 is 0 Å². The second-order valence-electron chi connectivity index (χ2n) is 5.99. The van der Waals surface area contributed by atoms with E-state index in [9.17, 15) is 8.42 Å². The summed E-state index contributed by atoms with van der Waals surface area (Å²) in [6.45, 7) is 3.53. The molecule has 6 nitrogen and oxygen atoms in total. The van der Waals surface area contributed by atoms with Gasteiger partial charge in [0.15, 0.2) is 9.84 Å². The molecule has 1 unspecified atom stereocenters. The van der Waals surface area contributed by atoms with Gasteiger partial charge in [-0.1, -0.05) is 0 Å². The summed E-state index contributed by atoms with van der Waals surface area (Å²) in [5, 5.41) is 3.31. The standard InChI is InChI=1S/C14H22N4O2S/c19-21(20)6-3-12(11-21)7-15-8-13-9-16-14(17-10-13)18-4-1-2-5-18/h9-10,12,15H,1-8,11H2. The van der Waals surface area contributed by atoms with Crippen molar-refractivity contribution in [2.45, 2.75) is 25.8 Å². The molecule has 116 valence electrons. The van der Waals surface area contributed by atoms with E-state index >= 15 is 0 Å². The van der Waals surface area contributed by atoms with Gasteiger partial charge in [-0.3, -0.25) is 0 Å². The van der Waals surface area contributed by atoms with E-state index in [0.717, 1.165) is 37.6 Å². The SMILES string of the molecule is O=S1(=O)CCC(CNCc2cnc(N3CCCC3)nc2)C1. The normalized spacial score (nSPS) is 24.6. The van der Waals surface area contributed by atoms with Crippen molar-refractivity contribution >= 4 is 15.8 Å². The lowest BCUT2D eigenvalue weighted by Crippen LogP contribution is -2.24. The van der Waals surface area contributed by atoms with Gasteiger partial charge in [0.2, 0.25) is 5.95 Å². The van der Waals surface area contributed by atoms with Gasteiger partial charge in [-0.15, -0.1) is 0 Å². The maximum Gasteiger partial charge on any atom is 0.225 e. The molecular formula is C14H22N4O2S. The van der Waals surface area contributed by atoms with E-state index in [-0.39, 0.29) is 5.92 Å². The van der Waals surface area contributed by atoms with Crippen molar-refractivity contribution in [2.75, 3.05) is 36.0 Å². The molecule has 1 atom stereocenters. The molecule has 2 saturated heterocycles. The van der Waals surface area contributed by atoms with E-state index in [4.69, 9.17) is 0 Å². The fourth-order valence-electron chi connectivity index (χ4n) is 2.97. The van der Waals surface area contributed by atoms with Crippen LogP contribution in [0.4, 0.5) is 5.95 Å². The first-order chi connectivity index (χ1) is 10.1. The summed E-state index contributed by atoms with van der Waals surface area (Å²) in [4.78, 5) is 11.0. The molecule has 2 aliphatic heterocycles. The van der Waals surface area contributed by atoms with Crippen LogP contribution in [0.5, 0.6) is 0 Å². The summed E-state index contributed by atoms with van der Waals surface area (Å²) < 4.78 is 22.8. The molecule has 0 saturated carbocycles. The Kier molecular flexibility index (Phi) is 4.40. The Labute approximate surface area is 125 Å². The molecular weight excluding hydrogens is 288 g/mol. The third kappa shape index (κ3) is 3.91. The predicted octanol–water partition coefficient (Wildman–Crippen LogP) is 0.601. The Balaban J connectivity index is 1.45. The molecule has 0 spiro atoms. The highest BCUT2D eigenvalue weighted by atomic mass is 32.2. The van der Waals surface area contributed by atoms with Crippen molar-refractivity contribution in [3.8, 4) is 0 Å². The van der Waals surface area contributed by atoms with Crippen molar-refractivity contribution in [3.05, 3.63) is 18.0 Å². The second kappa shape index (κ2) is 6.27. The van der Waals surface area contributed by atoms with E-state index in [1.165, 1.54) is 12.8 Å². The number of hydrogen-bond donors (Lipinski definition) is 1. The van der Waals surface area contributed by atoms with Crippen LogP contribution < -0.4 is 10.2 Å². The topological polar surface area (TPSA) is 75.2 Å². The molecule has 3 rings (SSSR count). The van der Waals surface area contributed by atoms with Gasteiger partial charge in [0.25, 0.3) is 0 Å². The largest absolute Gasteiger partial charge is 0.341 e. The highest BCUT2D eigenvalue weighted by Crippen LogP contribution is 2.18. The maximum atomic E-state index is 11.4. The monoisotopic (exact) mass is 310 g/mol. The van der Waals surface area contributed by atoms with Crippen LogP contribution in [0, 0.1) is 5.92 Å².